The van der Waals surface area contributed by atoms with E-state index >= 15 is 0 Å². The number of aromatic nitrogens is 1. The summed E-state index contributed by atoms with van der Waals surface area (Å²) in [5.74, 6) is -0.0914. The molecule has 0 bridgehead atoms. The molecule has 92 valence electrons. The van der Waals surface area contributed by atoms with Crippen LogP contribution in [0.2, 0.25) is 0 Å². The molecule has 2 rings (SSSR count). The highest BCUT2D eigenvalue weighted by Crippen LogP contribution is 2.12. The second kappa shape index (κ2) is 5.82. The van der Waals surface area contributed by atoms with Gasteiger partial charge in [0.25, 0.3) is 0 Å². The molecule has 0 unspecified atom stereocenters. The van der Waals surface area contributed by atoms with E-state index in [-0.39, 0.29) is 12.5 Å². The van der Waals surface area contributed by atoms with Gasteiger partial charge in [0.1, 0.15) is 0 Å². The van der Waals surface area contributed by atoms with Gasteiger partial charge in [-0.1, -0.05) is 18.2 Å². The monoisotopic (exact) mass is 241 g/mol. The number of aryl methyl sites for hydroxylation is 1. The van der Waals surface area contributed by atoms with E-state index in [4.69, 9.17) is 0 Å². The third-order valence-electron chi connectivity index (χ3n) is 2.53. The van der Waals surface area contributed by atoms with Crippen molar-refractivity contribution in [3.8, 4) is 0 Å². The molecule has 0 aliphatic carbocycles. The molecule has 18 heavy (non-hydrogen) atoms. The predicted molar refractivity (Wildman–Crippen MR) is 72.5 cm³/mol. The number of nitrogens with one attached hydrogen (secondary N) is 2. The van der Waals surface area contributed by atoms with E-state index in [1.165, 1.54) is 0 Å². The van der Waals surface area contributed by atoms with E-state index < -0.39 is 0 Å². The van der Waals surface area contributed by atoms with Crippen LogP contribution in [0.5, 0.6) is 0 Å². The fraction of sp³-hybridized carbons (Fsp3) is 0.143. The number of anilines is 2. The first-order valence-corrected chi connectivity index (χ1v) is 5.75. The standard InChI is InChI=1S/C14H15N3O/c1-11-5-2-3-7-13(11)16-10-14(18)17-12-6-4-8-15-9-12/h2-9,16H,10H2,1H3,(H,17,18). The average Bonchev–Trinajstić information content (AvgIpc) is 2.39. The SMILES string of the molecule is Cc1ccccc1NCC(=O)Nc1cccnc1. The third-order valence-corrected chi connectivity index (χ3v) is 2.53. The van der Waals surface area contributed by atoms with Gasteiger partial charge in [0, 0.05) is 11.9 Å². The fourth-order valence-electron chi connectivity index (χ4n) is 1.59. The molecule has 1 aromatic heterocycles. The van der Waals surface area contributed by atoms with Gasteiger partial charge in [-0.15, -0.1) is 0 Å². The Balaban J connectivity index is 1.88. The number of carbonyl (C=O) groups is 1. The maximum absolute atomic E-state index is 11.7. The smallest absolute Gasteiger partial charge is 0.243 e. The highest BCUT2D eigenvalue weighted by Gasteiger charge is 2.03. The Kier molecular flexibility index (Phi) is 3.91. The number of hydrogen-bond donors (Lipinski definition) is 2. The van der Waals surface area contributed by atoms with Crippen LogP contribution in [0, 0.1) is 6.92 Å². The number of rotatable bonds is 4. The largest absolute Gasteiger partial charge is 0.376 e. The first kappa shape index (κ1) is 12.1. The zero-order chi connectivity index (χ0) is 12.8. The van der Waals surface area contributed by atoms with E-state index in [0.29, 0.717) is 5.69 Å². The van der Waals surface area contributed by atoms with E-state index in [1.54, 1.807) is 24.5 Å². The topological polar surface area (TPSA) is 54.0 Å². The molecule has 0 saturated heterocycles. The van der Waals surface area contributed by atoms with E-state index in [0.717, 1.165) is 11.3 Å². The predicted octanol–water partition coefficient (Wildman–Crippen LogP) is 2.44. The molecule has 1 heterocycles. The number of benzene rings is 1. The van der Waals surface area contributed by atoms with Gasteiger partial charge in [0.05, 0.1) is 18.4 Å². The minimum Gasteiger partial charge on any atom is -0.376 e. The maximum Gasteiger partial charge on any atom is 0.243 e. The molecular weight excluding hydrogens is 226 g/mol. The van der Waals surface area contributed by atoms with Crippen molar-refractivity contribution in [2.45, 2.75) is 6.92 Å². The van der Waals surface area contributed by atoms with Crippen molar-refractivity contribution in [3.63, 3.8) is 0 Å². The first-order valence-electron chi connectivity index (χ1n) is 5.75. The summed E-state index contributed by atoms with van der Waals surface area (Å²) >= 11 is 0. The van der Waals surface area contributed by atoms with Crippen molar-refractivity contribution in [2.75, 3.05) is 17.2 Å². The van der Waals surface area contributed by atoms with Crippen LogP contribution in [0.1, 0.15) is 5.56 Å². The van der Waals surface area contributed by atoms with E-state index in [2.05, 4.69) is 15.6 Å². The van der Waals surface area contributed by atoms with Crippen molar-refractivity contribution in [3.05, 3.63) is 54.4 Å². The highest BCUT2D eigenvalue weighted by atomic mass is 16.1. The number of para-hydroxylation sites is 1. The van der Waals surface area contributed by atoms with Gasteiger partial charge < -0.3 is 10.6 Å². The van der Waals surface area contributed by atoms with Crippen LogP contribution < -0.4 is 10.6 Å². The van der Waals surface area contributed by atoms with Gasteiger partial charge in [-0.25, -0.2) is 0 Å². The summed E-state index contributed by atoms with van der Waals surface area (Å²) in [6.07, 6.45) is 3.28. The van der Waals surface area contributed by atoms with Crippen LogP contribution in [0.4, 0.5) is 11.4 Å². The number of nitrogens with zero attached hydrogens (tertiary/aromatic N) is 1. The van der Waals surface area contributed by atoms with Crippen molar-refractivity contribution in [2.24, 2.45) is 0 Å². The minimum atomic E-state index is -0.0914. The number of hydrogen-bond acceptors (Lipinski definition) is 3. The Morgan fingerprint density at radius 2 is 2.06 bits per heavy atom. The second-order valence-corrected chi connectivity index (χ2v) is 3.96. The third kappa shape index (κ3) is 3.31. The number of pyridine rings is 1. The van der Waals surface area contributed by atoms with Gasteiger partial charge in [-0.2, -0.15) is 0 Å². The zero-order valence-electron chi connectivity index (χ0n) is 10.2. The molecule has 4 nitrogen and oxygen atoms in total. The van der Waals surface area contributed by atoms with Gasteiger partial charge in [0.15, 0.2) is 0 Å². The number of carbonyl (C=O) groups excluding carboxylic acids is 1. The lowest BCUT2D eigenvalue weighted by Crippen LogP contribution is -2.22. The molecule has 2 N–H and O–H groups in total. The molecular formula is C14H15N3O. The summed E-state index contributed by atoms with van der Waals surface area (Å²) in [5, 5.41) is 5.87. The van der Waals surface area contributed by atoms with Crippen LogP contribution >= 0.6 is 0 Å². The van der Waals surface area contributed by atoms with Gasteiger partial charge in [-0.05, 0) is 30.7 Å². The molecule has 0 aliphatic heterocycles. The number of amides is 1. The molecule has 0 aliphatic rings. The molecule has 0 radical (unpaired) electrons. The Morgan fingerprint density at radius 3 is 2.78 bits per heavy atom. The van der Waals surface area contributed by atoms with Crippen LogP contribution in [0.15, 0.2) is 48.8 Å². The fourth-order valence-corrected chi connectivity index (χ4v) is 1.59. The zero-order valence-corrected chi connectivity index (χ0v) is 10.2. The van der Waals surface area contributed by atoms with Crippen LogP contribution in [0.3, 0.4) is 0 Å². The molecule has 0 spiro atoms. The minimum absolute atomic E-state index is 0.0914. The lowest BCUT2D eigenvalue weighted by atomic mass is 10.2. The van der Waals surface area contributed by atoms with Crippen molar-refractivity contribution in [1.29, 1.82) is 0 Å². The molecule has 0 atom stereocenters. The van der Waals surface area contributed by atoms with Crippen LogP contribution in [0.25, 0.3) is 0 Å². The summed E-state index contributed by atoms with van der Waals surface area (Å²) in [6.45, 7) is 2.24. The molecule has 2 aromatic rings. The second-order valence-electron chi connectivity index (χ2n) is 3.96. The summed E-state index contributed by atoms with van der Waals surface area (Å²) in [7, 11) is 0. The quantitative estimate of drug-likeness (QED) is 0.864. The van der Waals surface area contributed by atoms with Crippen LogP contribution in [-0.2, 0) is 4.79 Å². The lowest BCUT2D eigenvalue weighted by Gasteiger charge is -2.09. The first-order chi connectivity index (χ1) is 8.75. The maximum atomic E-state index is 11.7. The average molecular weight is 241 g/mol. The summed E-state index contributed by atoms with van der Waals surface area (Å²) in [5.41, 5.74) is 2.79. The Hall–Kier alpha value is -2.36. The van der Waals surface area contributed by atoms with Crippen LogP contribution in [-0.4, -0.2) is 17.4 Å². The molecule has 0 saturated carbocycles. The highest BCUT2D eigenvalue weighted by molar-refractivity contribution is 5.93. The van der Waals surface area contributed by atoms with E-state index in [1.807, 2.05) is 31.2 Å². The summed E-state index contributed by atoms with van der Waals surface area (Å²) in [6, 6.07) is 11.4. The Morgan fingerprint density at radius 1 is 1.22 bits per heavy atom. The van der Waals surface area contributed by atoms with Gasteiger partial charge in [-0.3, -0.25) is 9.78 Å². The summed E-state index contributed by atoms with van der Waals surface area (Å²) < 4.78 is 0. The molecule has 1 amide bonds. The summed E-state index contributed by atoms with van der Waals surface area (Å²) in [4.78, 5) is 15.6. The normalized spacial score (nSPS) is 9.83. The molecule has 4 heteroatoms. The van der Waals surface area contributed by atoms with Crippen molar-refractivity contribution >= 4 is 17.3 Å². The Labute approximate surface area is 106 Å². The van der Waals surface area contributed by atoms with Gasteiger partial charge >= 0.3 is 0 Å². The molecule has 1 aromatic carbocycles. The van der Waals surface area contributed by atoms with Gasteiger partial charge in [0.2, 0.25) is 5.91 Å². The van der Waals surface area contributed by atoms with Crippen molar-refractivity contribution < 1.29 is 4.79 Å². The lowest BCUT2D eigenvalue weighted by molar-refractivity contribution is -0.114. The van der Waals surface area contributed by atoms with Crippen molar-refractivity contribution in [1.82, 2.24) is 4.98 Å². The van der Waals surface area contributed by atoms with E-state index in [9.17, 15) is 4.79 Å². The molecule has 0 fully saturated rings. The Bertz CT molecular complexity index is 526.